The summed E-state index contributed by atoms with van der Waals surface area (Å²) in [5.41, 5.74) is 1.48. The van der Waals surface area contributed by atoms with E-state index in [0.717, 1.165) is 37.1 Å². The number of ether oxygens (including phenoxy) is 1. The number of piperidine rings is 1. The standard InChI is InChI=1S/C19H29N3O3/c1-19(2,3)25-18(24)22-13-15-6-4-5-14(11-15)12-21-17(23)16-7-9-20-10-8-16/h4-6,11,16,20H,7-10,12-13H2,1-3H3,(H,21,23)(H,22,24). The van der Waals surface area contributed by atoms with Gasteiger partial charge in [-0.05, 0) is 57.8 Å². The normalized spacial score (nSPS) is 15.5. The maximum Gasteiger partial charge on any atom is 0.407 e. The molecule has 0 radical (unpaired) electrons. The van der Waals surface area contributed by atoms with Crippen molar-refractivity contribution in [3.05, 3.63) is 35.4 Å². The quantitative estimate of drug-likeness (QED) is 0.764. The Balaban J connectivity index is 1.80. The van der Waals surface area contributed by atoms with Crippen LogP contribution < -0.4 is 16.0 Å². The Morgan fingerprint density at radius 1 is 1.12 bits per heavy atom. The van der Waals surface area contributed by atoms with Gasteiger partial charge in [-0.2, -0.15) is 0 Å². The van der Waals surface area contributed by atoms with Gasteiger partial charge in [-0.3, -0.25) is 4.79 Å². The van der Waals surface area contributed by atoms with Gasteiger partial charge < -0.3 is 20.7 Å². The molecule has 1 aliphatic rings. The van der Waals surface area contributed by atoms with Gasteiger partial charge in [0.2, 0.25) is 5.91 Å². The van der Waals surface area contributed by atoms with Crippen molar-refractivity contribution >= 4 is 12.0 Å². The highest BCUT2D eigenvalue weighted by Crippen LogP contribution is 2.12. The molecule has 1 heterocycles. The van der Waals surface area contributed by atoms with Crippen LogP contribution in [0.25, 0.3) is 0 Å². The first-order valence-corrected chi connectivity index (χ1v) is 8.86. The van der Waals surface area contributed by atoms with Crippen LogP contribution in [0.5, 0.6) is 0 Å². The van der Waals surface area contributed by atoms with Crippen LogP contribution in [-0.4, -0.2) is 30.7 Å². The Kier molecular flexibility index (Phi) is 6.82. The summed E-state index contributed by atoms with van der Waals surface area (Å²) in [7, 11) is 0. The Morgan fingerprint density at radius 3 is 2.32 bits per heavy atom. The minimum atomic E-state index is -0.509. The van der Waals surface area contributed by atoms with Gasteiger partial charge in [-0.15, -0.1) is 0 Å². The van der Waals surface area contributed by atoms with Gasteiger partial charge in [0, 0.05) is 19.0 Å². The molecule has 1 saturated heterocycles. The van der Waals surface area contributed by atoms with Gasteiger partial charge in [-0.25, -0.2) is 4.79 Å². The van der Waals surface area contributed by atoms with E-state index in [1.54, 1.807) is 0 Å². The van der Waals surface area contributed by atoms with E-state index in [2.05, 4.69) is 16.0 Å². The second-order valence-electron chi connectivity index (χ2n) is 7.42. The lowest BCUT2D eigenvalue weighted by atomic mass is 9.97. The molecule has 2 amide bonds. The maximum absolute atomic E-state index is 12.2. The maximum atomic E-state index is 12.2. The molecule has 0 spiro atoms. The Labute approximate surface area is 149 Å². The van der Waals surface area contributed by atoms with Crippen LogP contribution in [0, 0.1) is 5.92 Å². The zero-order valence-electron chi connectivity index (χ0n) is 15.4. The van der Waals surface area contributed by atoms with Crippen molar-refractivity contribution in [1.29, 1.82) is 0 Å². The third-order valence-corrected chi connectivity index (χ3v) is 4.00. The highest BCUT2D eigenvalue weighted by molar-refractivity contribution is 5.78. The number of carbonyl (C=O) groups is 2. The van der Waals surface area contributed by atoms with E-state index < -0.39 is 11.7 Å². The van der Waals surface area contributed by atoms with E-state index in [1.807, 2.05) is 45.0 Å². The molecule has 2 rings (SSSR count). The molecular formula is C19H29N3O3. The monoisotopic (exact) mass is 347 g/mol. The fourth-order valence-corrected chi connectivity index (χ4v) is 2.76. The summed E-state index contributed by atoms with van der Waals surface area (Å²) in [5, 5.41) is 9.02. The minimum Gasteiger partial charge on any atom is -0.444 e. The van der Waals surface area contributed by atoms with Crippen molar-refractivity contribution in [2.45, 2.75) is 52.3 Å². The molecule has 0 bridgehead atoms. The highest BCUT2D eigenvalue weighted by atomic mass is 16.6. The molecule has 6 heteroatoms. The Hall–Kier alpha value is -2.08. The zero-order chi connectivity index (χ0) is 18.3. The van der Waals surface area contributed by atoms with Crippen LogP contribution in [0.3, 0.4) is 0 Å². The Morgan fingerprint density at radius 2 is 1.72 bits per heavy atom. The predicted octanol–water partition coefficient (Wildman–Crippen LogP) is 2.33. The molecule has 0 unspecified atom stereocenters. The van der Waals surface area contributed by atoms with E-state index in [0.29, 0.717) is 13.1 Å². The molecule has 0 saturated carbocycles. The van der Waals surface area contributed by atoms with Gasteiger partial charge in [0.1, 0.15) is 5.60 Å². The number of amides is 2. The van der Waals surface area contributed by atoms with Crippen molar-refractivity contribution in [2.75, 3.05) is 13.1 Å². The van der Waals surface area contributed by atoms with Crippen LogP contribution in [0.1, 0.15) is 44.7 Å². The summed E-state index contributed by atoms with van der Waals surface area (Å²) in [6, 6.07) is 7.83. The molecule has 138 valence electrons. The van der Waals surface area contributed by atoms with Gasteiger partial charge in [0.25, 0.3) is 0 Å². The highest BCUT2D eigenvalue weighted by Gasteiger charge is 2.20. The molecule has 1 aromatic rings. The SMILES string of the molecule is CC(C)(C)OC(=O)NCc1cccc(CNC(=O)C2CCNCC2)c1. The van der Waals surface area contributed by atoms with E-state index in [9.17, 15) is 9.59 Å². The number of benzene rings is 1. The van der Waals surface area contributed by atoms with E-state index in [-0.39, 0.29) is 11.8 Å². The fourth-order valence-electron chi connectivity index (χ4n) is 2.76. The number of carbonyl (C=O) groups excluding carboxylic acids is 2. The number of alkyl carbamates (subject to hydrolysis) is 1. The summed E-state index contributed by atoms with van der Waals surface area (Å²) in [6.45, 7) is 8.20. The molecule has 1 aliphatic heterocycles. The predicted molar refractivity (Wildman–Crippen MR) is 97.0 cm³/mol. The summed E-state index contributed by atoms with van der Waals surface area (Å²) >= 11 is 0. The number of hydrogen-bond acceptors (Lipinski definition) is 4. The van der Waals surface area contributed by atoms with Crippen molar-refractivity contribution < 1.29 is 14.3 Å². The lowest BCUT2D eigenvalue weighted by Crippen LogP contribution is -2.37. The van der Waals surface area contributed by atoms with Gasteiger partial charge in [0.15, 0.2) is 0 Å². The summed E-state index contributed by atoms with van der Waals surface area (Å²) in [5.74, 6) is 0.233. The van der Waals surface area contributed by atoms with E-state index in [4.69, 9.17) is 4.74 Å². The average Bonchev–Trinajstić information content (AvgIpc) is 2.57. The first-order chi connectivity index (χ1) is 11.8. The molecule has 6 nitrogen and oxygen atoms in total. The molecule has 1 aromatic carbocycles. The fraction of sp³-hybridized carbons (Fsp3) is 0.579. The van der Waals surface area contributed by atoms with Crippen molar-refractivity contribution in [2.24, 2.45) is 5.92 Å². The lowest BCUT2D eigenvalue weighted by Gasteiger charge is -2.21. The lowest BCUT2D eigenvalue weighted by molar-refractivity contribution is -0.125. The average molecular weight is 347 g/mol. The van der Waals surface area contributed by atoms with E-state index in [1.165, 1.54) is 0 Å². The molecule has 0 aromatic heterocycles. The second-order valence-corrected chi connectivity index (χ2v) is 7.42. The zero-order valence-corrected chi connectivity index (χ0v) is 15.4. The second kappa shape index (κ2) is 8.85. The van der Waals surface area contributed by atoms with Gasteiger partial charge in [-0.1, -0.05) is 24.3 Å². The molecule has 0 aliphatic carbocycles. The number of rotatable bonds is 5. The van der Waals surface area contributed by atoms with Crippen LogP contribution >= 0.6 is 0 Å². The smallest absolute Gasteiger partial charge is 0.407 e. The Bertz CT molecular complexity index is 590. The third-order valence-electron chi connectivity index (χ3n) is 4.00. The topological polar surface area (TPSA) is 79.5 Å². The van der Waals surface area contributed by atoms with Crippen LogP contribution in [0.15, 0.2) is 24.3 Å². The number of nitrogens with one attached hydrogen (secondary N) is 3. The molecule has 0 atom stereocenters. The number of hydrogen-bond donors (Lipinski definition) is 3. The third kappa shape index (κ3) is 7.13. The summed E-state index contributed by atoms with van der Waals surface area (Å²) < 4.78 is 5.22. The van der Waals surface area contributed by atoms with Crippen molar-refractivity contribution in [1.82, 2.24) is 16.0 Å². The first-order valence-electron chi connectivity index (χ1n) is 8.86. The molecular weight excluding hydrogens is 318 g/mol. The van der Waals surface area contributed by atoms with Crippen molar-refractivity contribution in [3.8, 4) is 0 Å². The van der Waals surface area contributed by atoms with Crippen molar-refractivity contribution in [3.63, 3.8) is 0 Å². The van der Waals surface area contributed by atoms with Crippen LogP contribution in [0.4, 0.5) is 4.79 Å². The summed E-state index contributed by atoms with van der Waals surface area (Å²) in [6.07, 6.45) is 1.36. The van der Waals surface area contributed by atoms with E-state index >= 15 is 0 Å². The first kappa shape index (κ1) is 19.2. The van der Waals surface area contributed by atoms with Crippen LogP contribution in [0.2, 0.25) is 0 Å². The largest absolute Gasteiger partial charge is 0.444 e. The molecule has 25 heavy (non-hydrogen) atoms. The molecule has 1 fully saturated rings. The molecule has 3 N–H and O–H groups in total. The van der Waals surface area contributed by atoms with Gasteiger partial charge >= 0.3 is 6.09 Å². The summed E-state index contributed by atoms with van der Waals surface area (Å²) in [4.78, 5) is 23.9. The minimum absolute atomic E-state index is 0.110. The van der Waals surface area contributed by atoms with Crippen LogP contribution in [-0.2, 0) is 22.6 Å². The van der Waals surface area contributed by atoms with Gasteiger partial charge in [0.05, 0.1) is 0 Å².